The predicted molar refractivity (Wildman–Crippen MR) is 107 cm³/mol. The number of carbonyl (C=O) groups excluding carboxylic acids is 1. The molecule has 0 unspecified atom stereocenters. The lowest BCUT2D eigenvalue weighted by molar-refractivity contribution is 0.0727. The maximum atomic E-state index is 12.9. The number of benzene rings is 1. The summed E-state index contributed by atoms with van der Waals surface area (Å²) >= 11 is 0. The third kappa shape index (κ3) is 3.53. The number of aromatic nitrogens is 2. The molecule has 5 nitrogen and oxygen atoms in total. The van der Waals surface area contributed by atoms with E-state index in [9.17, 15) is 4.79 Å². The number of nitrogens with zero attached hydrogens (tertiary/aromatic N) is 3. The van der Waals surface area contributed by atoms with Crippen molar-refractivity contribution in [1.82, 2.24) is 20.0 Å². The van der Waals surface area contributed by atoms with Gasteiger partial charge in [-0.05, 0) is 59.5 Å². The molecule has 4 rings (SSSR count). The maximum absolute atomic E-state index is 12.9. The average Bonchev–Trinajstić information content (AvgIpc) is 3.30. The number of carbonyl (C=O) groups is 1. The minimum absolute atomic E-state index is 0.0338. The molecule has 1 aromatic carbocycles. The van der Waals surface area contributed by atoms with E-state index in [1.54, 1.807) is 10.7 Å². The molecule has 0 spiro atoms. The predicted octanol–water partition coefficient (Wildman–Crippen LogP) is 3.34. The highest BCUT2D eigenvalue weighted by atomic mass is 16.2. The minimum Gasteiger partial charge on any atom is -0.333 e. The van der Waals surface area contributed by atoms with Crippen LogP contribution in [0.25, 0.3) is 0 Å². The second-order valence-electron chi connectivity index (χ2n) is 8.95. The smallest absolute Gasteiger partial charge is 0.274 e. The van der Waals surface area contributed by atoms with Crippen molar-refractivity contribution in [3.05, 3.63) is 52.3 Å². The monoisotopic (exact) mass is 366 g/mol. The summed E-state index contributed by atoms with van der Waals surface area (Å²) in [6.45, 7) is 9.35. The number of rotatable bonds is 2. The first-order chi connectivity index (χ1) is 12.8. The van der Waals surface area contributed by atoms with Gasteiger partial charge in [0.1, 0.15) is 5.69 Å². The molecule has 0 aliphatic carbocycles. The Morgan fingerprint density at radius 2 is 2.11 bits per heavy atom. The van der Waals surface area contributed by atoms with E-state index < -0.39 is 0 Å². The number of hydrogen-bond acceptors (Lipinski definition) is 3. The van der Waals surface area contributed by atoms with Crippen molar-refractivity contribution in [3.8, 4) is 0 Å². The fraction of sp³-hybridized carbons (Fsp3) is 0.545. The Kier molecular flexibility index (Phi) is 4.58. The van der Waals surface area contributed by atoms with Crippen LogP contribution in [-0.2, 0) is 25.4 Å². The van der Waals surface area contributed by atoms with E-state index in [-0.39, 0.29) is 11.3 Å². The van der Waals surface area contributed by atoms with Gasteiger partial charge in [0, 0.05) is 32.4 Å². The third-order valence-electron chi connectivity index (χ3n) is 5.90. The zero-order valence-corrected chi connectivity index (χ0v) is 16.9. The van der Waals surface area contributed by atoms with Crippen molar-refractivity contribution < 1.29 is 4.79 Å². The molecule has 2 aromatic rings. The fourth-order valence-electron chi connectivity index (χ4n) is 4.26. The first-order valence-electron chi connectivity index (χ1n) is 10.0. The van der Waals surface area contributed by atoms with E-state index in [0.717, 1.165) is 19.5 Å². The summed E-state index contributed by atoms with van der Waals surface area (Å²) in [5.41, 5.74) is 6.22. The number of nitrogens with one attached hydrogen (secondary N) is 1. The molecule has 0 radical (unpaired) electrons. The second-order valence-corrected chi connectivity index (χ2v) is 8.95. The van der Waals surface area contributed by atoms with Gasteiger partial charge in [-0.15, -0.1) is 0 Å². The SMILES string of the molecule is Cn1ccc(C(=O)N2CCc3cc(C(C)(C)C)cc([C@@H]4CCCN4)c3C2)n1. The Balaban J connectivity index is 1.70. The van der Waals surface area contributed by atoms with Crippen LogP contribution in [0.3, 0.4) is 0 Å². The summed E-state index contributed by atoms with van der Waals surface area (Å²) in [5, 5.41) is 7.96. The first-order valence-corrected chi connectivity index (χ1v) is 10.0. The Labute approximate surface area is 161 Å². The van der Waals surface area contributed by atoms with Crippen molar-refractivity contribution in [3.63, 3.8) is 0 Å². The van der Waals surface area contributed by atoms with E-state index in [0.29, 0.717) is 18.3 Å². The standard InChI is InChI=1S/C22H30N4O/c1-22(2,3)16-12-15-7-11-26(21(27)20-8-10-25(4)24-20)14-18(15)17(13-16)19-6-5-9-23-19/h8,10,12-13,19,23H,5-7,9,11,14H2,1-4H3/t19-/m0/s1. The van der Waals surface area contributed by atoms with Crippen molar-refractivity contribution in [2.24, 2.45) is 7.05 Å². The molecule has 1 N–H and O–H groups in total. The third-order valence-corrected chi connectivity index (χ3v) is 5.90. The van der Waals surface area contributed by atoms with Crippen molar-refractivity contribution >= 4 is 5.91 Å². The molecule has 27 heavy (non-hydrogen) atoms. The molecule has 0 saturated carbocycles. The molecule has 3 heterocycles. The summed E-state index contributed by atoms with van der Waals surface area (Å²) in [7, 11) is 1.85. The molecule has 1 atom stereocenters. The van der Waals surface area contributed by atoms with E-state index in [1.807, 2.05) is 18.1 Å². The van der Waals surface area contributed by atoms with Crippen LogP contribution in [0.5, 0.6) is 0 Å². The number of amides is 1. The van der Waals surface area contributed by atoms with E-state index in [1.165, 1.54) is 35.1 Å². The van der Waals surface area contributed by atoms with Gasteiger partial charge in [0.05, 0.1) is 0 Å². The van der Waals surface area contributed by atoms with Gasteiger partial charge < -0.3 is 10.2 Å². The van der Waals surface area contributed by atoms with Crippen molar-refractivity contribution in [2.45, 2.75) is 58.0 Å². The molecular formula is C22H30N4O. The molecule has 1 amide bonds. The highest BCUT2D eigenvalue weighted by Crippen LogP contribution is 2.36. The summed E-state index contributed by atoms with van der Waals surface area (Å²) in [5.74, 6) is 0.0338. The lowest BCUT2D eigenvalue weighted by Crippen LogP contribution is -2.37. The molecular weight excluding hydrogens is 336 g/mol. The minimum atomic E-state index is 0.0338. The lowest BCUT2D eigenvalue weighted by atomic mass is 9.80. The van der Waals surface area contributed by atoms with Gasteiger partial charge in [-0.25, -0.2) is 0 Å². The first kappa shape index (κ1) is 18.2. The van der Waals surface area contributed by atoms with Crippen LogP contribution in [0.15, 0.2) is 24.4 Å². The van der Waals surface area contributed by atoms with E-state index in [4.69, 9.17) is 0 Å². The molecule has 0 bridgehead atoms. The summed E-state index contributed by atoms with van der Waals surface area (Å²) in [4.78, 5) is 14.9. The zero-order valence-electron chi connectivity index (χ0n) is 16.9. The molecule has 1 aromatic heterocycles. The molecule has 1 fully saturated rings. The topological polar surface area (TPSA) is 50.2 Å². The Morgan fingerprint density at radius 1 is 1.30 bits per heavy atom. The van der Waals surface area contributed by atoms with Crippen LogP contribution in [0, 0.1) is 0 Å². The summed E-state index contributed by atoms with van der Waals surface area (Å²) in [6.07, 6.45) is 5.14. The normalized spacial score (nSPS) is 20.0. The summed E-state index contributed by atoms with van der Waals surface area (Å²) in [6, 6.07) is 6.97. The van der Waals surface area contributed by atoms with Crippen LogP contribution in [0.4, 0.5) is 0 Å². The van der Waals surface area contributed by atoms with Gasteiger partial charge >= 0.3 is 0 Å². The quantitative estimate of drug-likeness (QED) is 0.887. The van der Waals surface area contributed by atoms with Crippen molar-refractivity contribution in [1.29, 1.82) is 0 Å². The highest BCUT2D eigenvalue weighted by Gasteiger charge is 2.30. The van der Waals surface area contributed by atoms with Crippen LogP contribution in [-0.4, -0.2) is 33.7 Å². The Hall–Kier alpha value is -2.14. The van der Waals surface area contributed by atoms with Gasteiger partial charge in [-0.1, -0.05) is 32.9 Å². The van der Waals surface area contributed by atoms with Crippen LogP contribution in [0.1, 0.15) is 72.4 Å². The number of fused-ring (bicyclic) bond motifs is 1. The largest absolute Gasteiger partial charge is 0.333 e. The van der Waals surface area contributed by atoms with E-state index >= 15 is 0 Å². The molecule has 5 heteroatoms. The van der Waals surface area contributed by atoms with Gasteiger partial charge in [0.2, 0.25) is 0 Å². The molecule has 2 aliphatic heterocycles. The maximum Gasteiger partial charge on any atom is 0.274 e. The number of aryl methyl sites for hydroxylation is 1. The lowest BCUT2D eigenvalue weighted by Gasteiger charge is -2.33. The average molecular weight is 367 g/mol. The molecule has 1 saturated heterocycles. The zero-order chi connectivity index (χ0) is 19.2. The Morgan fingerprint density at radius 3 is 2.74 bits per heavy atom. The number of hydrogen-bond donors (Lipinski definition) is 1. The van der Waals surface area contributed by atoms with Crippen LogP contribution in [0.2, 0.25) is 0 Å². The van der Waals surface area contributed by atoms with Gasteiger partial charge in [0.25, 0.3) is 5.91 Å². The second kappa shape index (κ2) is 6.79. The Bertz CT molecular complexity index is 856. The molecule has 144 valence electrons. The van der Waals surface area contributed by atoms with Gasteiger partial charge in [-0.2, -0.15) is 5.10 Å². The van der Waals surface area contributed by atoms with Gasteiger partial charge in [0.15, 0.2) is 0 Å². The van der Waals surface area contributed by atoms with Crippen LogP contribution >= 0.6 is 0 Å². The van der Waals surface area contributed by atoms with Gasteiger partial charge in [-0.3, -0.25) is 9.48 Å². The molecule has 2 aliphatic rings. The van der Waals surface area contributed by atoms with Crippen molar-refractivity contribution in [2.75, 3.05) is 13.1 Å². The van der Waals surface area contributed by atoms with E-state index in [2.05, 4.69) is 43.3 Å². The highest BCUT2D eigenvalue weighted by molar-refractivity contribution is 5.92. The summed E-state index contributed by atoms with van der Waals surface area (Å²) < 4.78 is 1.69. The van der Waals surface area contributed by atoms with Crippen LogP contribution < -0.4 is 5.32 Å². The fourth-order valence-corrected chi connectivity index (χ4v) is 4.26.